The highest BCUT2D eigenvalue weighted by Gasteiger charge is 2.21. The third-order valence-electron chi connectivity index (χ3n) is 2.63. The van der Waals surface area contributed by atoms with E-state index in [9.17, 15) is 13.2 Å². The number of aromatic carboxylic acids is 1. The lowest BCUT2D eigenvalue weighted by Crippen LogP contribution is -2.10. The Labute approximate surface area is 120 Å². The molecule has 2 rings (SSSR count). The van der Waals surface area contributed by atoms with Gasteiger partial charge in [-0.05, 0) is 23.8 Å². The summed E-state index contributed by atoms with van der Waals surface area (Å²) in [4.78, 5) is 10.9. The van der Waals surface area contributed by atoms with Gasteiger partial charge in [-0.3, -0.25) is 0 Å². The van der Waals surface area contributed by atoms with Crippen LogP contribution in [0.15, 0.2) is 41.0 Å². The molecule has 0 saturated carbocycles. The topological polar surface area (TPSA) is 84.6 Å². The predicted octanol–water partition coefficient (Wildman–Crippen LogP) is 2.75. The maximum absolute atomic E-state index is 12.0. The second-order valence-corrected chi connectivity index (χ2v) is 6.72. The maximum atomic E-state index is 12.0. The second kappa shape index (κ2) is 5.68. The average molecular weight is 315 g/mol. The van der Waals surface area contributed by atoms with E-state index in [4.69, 9.17) is 21.1 Å². The SMILES string of the molecule is O=C(O)c1ccoc1CS(=O)(=O)Cc1ccc(Cl)cc1. The van der Waals surface area contributed by atoms with E-state index in [0.717, 1.165) is 6.26 Å². The summed E-state index contributed by atoms with van der Waals surface area (Å²) in [5.41, 5.74) is 0.447. The molecule has 0 atom stereocenters. The highest BCUT2D eigenvalue weighted by atomic mass is 35.5. The van der Waals surface area contributed by atoms with Crippen molar-refractivity contribution in [1.82, 2.24) is 0 Å². The van der Waals surface area contributed by atoms with Gasteiger partial charge in [0, 0.05) is 5.02 Å². The number of benzene rings is 1. The van der Waals surface area contributed by atoms with Gasteiger partial charge < -0.3 is 9.52 Å². The van der Waals surface area contributed by atoms with Crippen molar-refractivity contribution < 1.29 is 22.7 Å². The molecule has 0 aliphatic heterocycles. The Morgan fingerprint density at radius 3 is 2.40 bits per heavy atom. The molecular formula is C13H11ClO5S. The first-order chi connectivity index (χ1) is 9.37. The first-order valence-corrected chi connectivity index (χ1v) is 7.82. The van der Waals surface area contributed by atoms with Gasteiger partial charge in [0.2, 0.25) is 0 Å². The lowest BCUT2D eigenvalue weighted by molar-refractivity contribution is 0.0695. The Balaban J connectivity index is 2.17. The minimum absolute atomic E-state index is 0.0635. The van der Waals surface area contributed by atoms with E-state index < -0.39 is 21.6 Å². The average Bonchev–Trinajstić information content (AvgIpc) is 2.79. The van der Waals surface area contributed by atoms with Gasteiger partial charge in [0.15, 0.2) is 9.84 Å². The summed E-state index contributed by atoms with van der Waals surface area (Å²) in [6, 6.07) is 7.65. The van der Waals surface area contributed by atoms with Gasteiger partial charge in [0.25, 0.3) is 0 Å². The zero-order valence-corrected chi connectivity index (χ0v) is 11.8. The van der Waals surface area contributed by atoms with E-state index in [2.05, 4.69) is 0 Å². The van der Waals surface area contributed by atoms with Crippen LogP contribution in [-0.2, 0) is 21.3 Å². The molecule has 2 aromatic rings. The molecular weight excluding hydrogens is 304 g/mol. The van der Waals surface area contributed by atoms with Gasteiger partial charge in [0.1, 0.15) is 17.1 Å². The molecule has 0 aliphatic rings. The zero-order valence-electron chi connectivity index (χ0n) is 10.2. The van der Waals surface area contributed by atoms with Crippen LogP contribution in [-0.4, -0.2) is 19.5 Å². The molecule has 0 amide bonds. The number of carboxylic acids is 1. The Morgan fingerprint density at radius 2 is 1.80 bits per heavy atom. The minimum atomic E-state index is -3.53. The van der Waals surface area contributed by atoms with Crippen molar-refractivity contribution >= 4 is 27.4 Å². The van der Waals surface area contributed by atoms with Crippen LogP contribution in [0.5, 0.6) is 0 Å². The molecule has 5 nitrogen and oxygen atoms in total. The minimum Gasteiger partial charge on any atom is -0.478 e. The number of carbonyl (C=O) groups is 1. The van der Waals surface area contributed by atoms with E-state index in [1.165, 1.54) is 6.07 Å². The van der Waals surface area contributed by atoms with Crippen LogP contribution in [0.4, 0.5) is 0 Å². The van der Waals surface area contributed by atoms with Gasteiger partial charge in [-0.1, -0.05) is 23.7 Å². The summed E-state index contributed by atoms with van der Waals surface area (Å²) < 4.78 is 29.0. The molecule has 7 heteroatoms. The highest BCUT2D eigenvalue weighted by molar-refractivity contribution is 7.89. The summed E-state index contributed by atoms with van der Waals surface area (Å²) in [6.45, 7) is 0. The summed E-state index contributed by atoms with van der Waals surface area (Å²) >= 11 is 5.72. The fourth-order valence-corrected chi connectivity index (χ4v) is 3.28. The fraction of sp³-hybridized carbons (Fsp3) is 0.154. The largest absolute Gasteiger partial charge is 0.478 e. The molecule has 1 heterocycles. The molecule has 1 aromatic heterocycles. The van der Waals surface area contributed by atoms with Gasteiger partial charge in [-0.2, -0.15) is 0 Å². The number of carboxylic acid groups (broad SMARTS) is 1. The smallest absolute Gasteiger partial charge is 0.339 e. The number of furan rings is 1. The molecule has 20 heavy (non-hydrogen) atoms. The third kappa shape index (κ3) is 3.61. The fourth-order valence-electron chi connectivity index (χ4n) is 1.73. The molecule has 0 saturated heterocycles. The van der Waals surface area contributed by atoms with Gasteiger partial charge in [-0.15, -0.1) is 0 Å². The molecule has 0 bridgehead atoms. The summed E-state index contributed by atoms with van der Waals surface area (Å²) in [5, 5.41) is 9.42. The summed E-state index contributed by atoms with van der Waals surface area (Å²) in [6.07, 6.45) is 1.16. The van der Waals surface area contributed by atoms with Crippen LogP contribution in [0, 0.1) is 0 Å². The monoisotopic (exact) mass is 314 g/mol. The van der Waals surface area contributed by atoms with Crippen LogP contribution in [0.1, 0.15) is 21.7 Å². The van der Waals surface area contributed by atoms with Crippen molar-refractivity contribution in [1.29, 1.82) is 0 Å². The van der Waals surface area contributed by atoms with Crippen molar-refractivity contribution in [3.05, 3.63) is 58.5 Å². The standard InChI is InChI=1S/C13H11ClO5S/c14-10-3-1-9(2-4-10)7-20(17,18)8-12-11(13(15)16)5-6-19-12/h1-6H,7-8H2,(H,15,16). The summed E-state index contributed by atoms with van der Waals surface area (Å²) in [5.74, 6) is -1.93. The Morgan fingerprint density at radius 1 is 1.15 bits per heavy atom. The van der Waals surface area contributed by atoms with Crippen LogP contribution in [0.3, 0.4) is 0 Å². The van der Waals surface area contributed by atoms with E-state index in [1.54, 1.807) is 24.3 Å². The van der Waals surface area contributed by atoms with Crippen molar-refractivity contribution in [3.8, 4) is 0 Å². The highest BCUT2D eigenvalue weighted by Crippen LogP contribution is 2.18. The zero-order chi connectivity index (χ0) is 14.8. The van der Waals surface area contributed by atoms with Crippen molar-refractivity contribution in [2.45, 2.75) is 11.5 Å². The Bertz CT molecular complexity index is 715. The van der Waals surface area contributed by atoms with Crippen LogP contribution in [0.25, 0.3) is 0 Å². The van der Waals surface area contributed by atoms with E-state index in [-0.39, 0.29) is 17.1 Å². The number of halogens is 1. The molecule has 0 aliphatic carbocycles. The molecule has 0 spiro atoms. The number of rotatable bonds is 5. The van der Waals surface area contributed by atoms with E-state index >= 15 is 0 Å². The molecule has 1 aromatic carbocycles. The third-order valence-corrected chi connectivity index (χ3v) is 4.35. The van der Waals surface area contributed by atoms with Gasteiger partial charge in [-0.25, -0.2) is 13.2 Å². The number of hydrogen-bond donors (Lipinski definition) is 1. The Kier molecular flexibility index (Phi) is 4.15. The van der Waals surface area contributed by atoms with E-state index in [0.29, 0.717) is 10.6 Å². The van der Waals surface area contributed by atoms with Crippen molar-refractivity contribution in [3.63, 3.8) is 0 Å². The Hall–Kier alpha value is -1.79. The lowest BCUT2D eigenvalue weighted by atomic mass is 10.2. The van der Waals surface area contributed by atoms with Gasteiger partial charge in [0.05, 0.1) is 12.0 Å². The quantitative estimate of drug-likeness (QED) is 0.917. The van der Waals surface area contributed by atoms with Crippen LogP contribution < -0.4 is 0 Å². The van der Waals surface area contributed by atoms with Crippen LogP contribution >= 0.6 is 11.6 Å². The van der Waals surface area contributed by atoms with Crippen LogP contribution in [0.2, 0.25) is 5.02 Å². The second-order valence-electron chi connectivity index (χ2n) is 4.22. The molecule has 0 fully saturated rings. The molecule has 106 valence electrons. The molecule has 0 radical (unpaired) electrons. The van der Waals surface area contributed by atoms with Crippen molar-refractivity contribution in [2.75, 3.05) is 0 Å². The first kappa shape index (κ1) is 14.6. The summed E-state index contributed by atoms with van der Waals surface area (Å²) in [7, 11) is -3.53. The number of hydrogen-bond acceptors (Lipinski definition) is 4. The number of sulfone groups is 1. The molecule has 0 unspecified atom stereocenters. The van der Waals surface area contributed by atoms with E-state index in [1.807, 2.05) is 0 Å². The predicted molar refractivity (Wildman–Crippen MR) is 73.4 cm³/mol. The van der Waals surface area contributed by atoms with Crippen molar-refractivity contribution in [2.24, 2.45) is 0 Å². The van der Waals surface area contributed by atoms with Gasteiger partial charge >= 0.3 is 5.97 Å². The first-order valence-electron chi connectivity index (χ1n) is 5.62. The normalized spacial score (nSPS) is 11.4. The molecule has 1 N–H and O–H groups in total. The lowest BCUT2D eigenvalue weighted by Gasteiger charge is -2.04. The maximum Gasteiger partial charge on any atom is 0.339 e.